The van der Waals surface area contributed by atoms with Gasteiger partial charge in [0.2, 0.25) is 0 Å². The molecule has 1 aromatic carbocycles. The summed E-state index contributed by atoms with van der Waals surface area (Å²) in [6, 6.07) is 10.0. The molecule has 2 rings (SSSR count). The van der Waals surface area contributed by atoms with Crippen LogP contribution in [-0.2, 0) is 4.79 Å². The van der Waals surface area contributed by atoms with Gasteiger partial charge in [0, 0.05) is 11.1 Å². The molecule has 16 heavy (non-hydrogen) atoms. The average Bonchev–Trinajstić information content (AvgIpc) is 2.26. The molecule has 0 aliphatic rings. The number of benzene rings is 1. The first-order valence-electron chi connectivity index (χ1n) is 5.21. The van der Waals surface area contributed by atoms with E-state index in [2.05, 4.69) is 4.98 Å². The van der Waals surface area contributed by atoms with Crippen molar-refractivity contribution in [3.05, 3.63) is 47.7 Å². The van der Waals surface area contributed by atoms with Gasteiger partial charge in [-0.1, -0.05) is 18.2 Å². The molecular formula is C14H13NO. The number of aryl methyl sites for hydroxylation is 1. The lowest BCUT2D eigenvalue weighted by molar-refractivity contribution is -0.112. The van der Waals surface area contributed by atoms with Crippen LogP contribution in [0.5, 0.6) is 0 Å². The number of ketones is 1. The average molecular weight is 211 g/mol. The molecule has 2 nitrogen and oxygen atoms in total. The van der Waals surface area contributed by atoms with Crippen LogP contribution in [0.3, 0.4) is 0 Å². The van der Waals surface area contributed by atoms with Crippen LogP contribution in [0.4, 0.5) is 0 Å². The quantitative estimate of drug-likeness (QED) is 0.714. The number of fused-ring (bicyclic) bond motifs is 1. The SMILES string of the molecule is CC(=O)/C=C/c1ccc2nc(C)ccc2c1. The van der Waals surface area contributed by atoms with E-state index < -0.39 is 0 Å². The number of pyridine rings is 1. The van der Waals surface area contributed by atoms with Gasteiger partial charge in [0.25, 0.3) is 0 Å². The summed E-state index contributed by atoms with van der Waals surface area (Å²) in [6.45, 7) is 3.52. The van der Waals surface area contributed by atoms with Crippen molar-refractivity contribution in [2.75, 3.05) is 0 Å². The summed E-state index contributed by atoms with van der Waals surface area (Å²) in [5.74, 6) is 0.0575. The van der Waals surface area contributed by atoms with Gasteiger partial charge in [-0.2, -0.15) is 0 Å². The summed E-state index contributed by atoms with van der Waals surface area (Å²) in [4.78, 5) is 15.2. The van der Waals surface area contributed by atoms with E-state index in [1.807, 2.05) is 43.3 Å². The van der Waals surface area contributed by atoms with Gasteiger partial charge in [0.15, 0.2) is 5.78 Å². The van der Waals surface area contributed by atoms with Gasteiger partial charge in [-0.05, 0) is 43.7 Å². The maximum atomic E-state index is 10.8. The summed E-state index contributed by atoms with van der Waals surface area (Å²) in [5, 5.41) is 1.09. The van der Waals surface area contributed by atoms with E-state index in [0.29, 0.717) is 0 Å². The molecule has 1 aromatic heterocycles. The van der Waals surface area contributed by atoms with Crippen molar-refractivity contribution in [1.29, 1.82) is 0 Å². The molecule has 0 saturated carbocycles. The molecule has 0 spiro atoms. The summed E-state index contributed by atoms with van der Waals surface area (Å²) < 4.78 is 0. The maximum Gasteiger partial charge on any atom is 0.152 e. The number of rotatable bonds is 2. The molecule has 2 heteroatoms. The molecule has 0 amide bonds. The molecule has 1 heterocycles. The summed E-state index contributed by atoms with van der Waals surface area (Å²) >= 11 is 0. The van der Waals surface area contributed by atoms with Crippen LogP contribution in [0.15, 0.2) is 36.4 Å². The molecule has 0 bridgehead atoms. The third-order valence-corrected chi connectivity index (χ3v) is 2.36. The Balaban J connectivity index is 2.44. The first-order valence-corrected chi connectivity index (χ1v) is 5.21. The van der Waals surface area contributed by atoms with Crippen molar-refractivity contribution in [3.8, 4) is 0 Å². The van der Waals surface area contributed by atoms with Crippen LogP contribution in [0.2, 0.25) is 0 Å². The second kappa shape index (κ2) is 4.27. The molecule has 2 aromatic rings. The Bertz CT molecular complexity index is 570. The molecule has 0 N–H and O–H groups in total. The summed E-state index contributed by atoms with van der Waals surface area (Å²) in [6.07, 6.45) is 3.39. The number of carbonyl (C=O) groups excluding carboxylic acids is 1. The van der Waals surface area contributed by atoms with Crippen LogP contribution in [0.25, 0.3) is 17.0 Å². The van der Waals surface area contributed by atoms with E-state index in [9.17, 15) is 4.79 Å². The van der Waals surface area contributed by atoms with Crippen LogP contribution >= 0.6 is 0 Å². The minimum atomic E-state index is 0.0575. The highest BCUT2D eigenvalue weighted by Gasteiger charge is 1.96. The predicted molar refractivity (Wildman–Crippen MR) is 66.2 cm³/mol. The maximum absolute atomic E-state index is 10.8. The second-order valence-corrected chi connectivity index (χ2v) is 3.85. The highest BCUT2D eigenvalue weighted by molar-refractivity contribution is 5.92. The minimum absolute atomic E-state index is 0.0575. The Kier molecular flexibility index (Phi) is 2.82. The van der Waals surface area contributed by atoms with E-state index in [-0.39, 0.29) is 5.78 Å². The van der Waals surface area contributed by atoms with Crippen molar-refractivity contribution >= 4 is 22.8 Å². The Morgan fingerprint density at radius 2 is 2.06 bits per heavy atom. The molecule has 0 unspecified atom stereocenters. The zero-order valence-electron chi connectivity index (χ0n) is 9.40. The highest BCUT2D eigenvalue weighted by Crippen LogP contribution is 2.15. The van der Waals surface area contributed by atoms with E-state index in [0.717, 1.165) is 22.2 Å². The Morgan fingerprint density at radius 3 is 2.81 bits per heavy atom. The van der Waals surface area contributed by atoms with Crippen molar-refractivity contribution < 1.29 is 4.79 Å². The Morgan fingerprint density at radius 1 is 1.25 bits per heavy atom. The van der Waals surface area contributed by atoms with Gasteiger partial charge < -0.3 is 0 Å². The van der Waals surface area contributed by atoms with Crippen molar-refractivity contribution in [2.24, 2.45) is 0 Å². The lowest BCUT2D eigenvalue weighted by Crippen LogP contribution is -1.84. The predicted octanol–water partition coefficient (Wildman–Crippen LogP) is 3.15. The topological polar surface area (TPSA) is 30.0 Å². The number of nitrogens with zero attached hydrogens (tertiary/aromatic N) is 1. The zero-order valence-corrected chi connectivity index (χ0v) is 9.40. The second-order valence-electron chi connectivity index (χ2n) is 3.85. The van der Waals surface area contributed by atoms with Gasteiger partial charge in [0.05, 0.1) is 5.52 Å². The van der Waals surface area contributed by atoms with Crippen LogP contribution in [-0.4, -0.2) is 10.8 Å². The molecule has 0 aliphatic heterocycles. The lowest BCUT2D eigenvalue weighted by Gasteiger charge is -2.00. The number of carbonyl (C=O) groups is 1. The van der Waals surface area contributed by atoms with Gasteiger partial charge in [-0.15, -0.1) is 0 Å². The monoisotopic (exact) mass is 211 g/mol. The van der Waals surface area contributed by atoms with Crippen molar-refractivity contribution in [1.82, 2.24) is 4.98 Å². The van der Waals surface area contributed by atoms with E-state index in [4.69, 9.17) is 0 Å². The van der Waals surface area contributed by atoms with E-state index in [1.54, 1.807) is 13.0 Å². The molecule has 0 fully saturated rings. The molecule has 0 aliphatic carbocycles. The first-order chi connectivity index (χ1) is 7.65. The smallest absolute Gasteiger partial charge is 0.152 e. The number of hydrogen-bond acceptors (Lipinski definition) is 2. The van der Waals surface area contributed by atoms with Crippen LogP contribution < -0.4 is 0 Å². The van der Waals surface area contributed by atoms with Crippen molar-refractivity contribution in [2.45, 2.75) is 13.8 Å². The standard InChI is InChI=1S/C14H13NO/c1-10-3-7-13-9-12(5-4-11(2)16)6-8-14(13)15-10/h3-9H,1-2H3/b5-4+. The fourth-order valence-corrected chi connectivity index (χ4v) is 1.56. The molecule has 0 atom stereocenters. The lowest BCUT2D eigenvalue weighted by atomic mass is 10.1. The molecular weight excluding hydrogens is 198 g/mol. The van der Waals surface area contributed by atoms with Gasteiger partial charge in [0.1, 0.15) is 0 Å². The largest absolute Gasteiger partial charge is 0.295 e. The van der Waals surface area contributed by atoms with Gasteiger partial charge in [-0.25, -0.2) is 0 Å². The highest BCUT2D eigenvalue weighted by atomic mass is 16.1. The molecule has 80 valence electrons. The summed E-state index contributed by atoms with van der Waals surface area (Å²) in [7, 11) is 0. The number of hydrogen-bond donors (Lipinski definition) is 0. The van der Waals surface area contributed by atoms with Gasteiger partial charge in [-0.3, -0.25) is 9.78 Å². The fraction of sp³-hybridized carbons (Fsp3) is 0.143. The van der Waals surface area contributed by atoms with Crippen LogP contribution in [0.1, 0.15) is 18.2 Å². The number of aromatic nitrogens is 1. The Hall–Kier alpha value is -1.96. The normalized spacial score (nSPS) is 11.1. The number of allylic oxidation sites excluding steroid dienone is 1. The fourth-order valence-electron chi connectivity index (χ4n) is 1.56. The molecule has 0 radical (unpaired) electrons. The third kappa shape index (κ3) is 2.34. The van der Waals surface area contributed by atoms with Crippen molar-refractivity contribution in [3.63, 3.8) is 0 Å². The van der Waals surface area contributed by atoms with Crippen LogP contribution in [0, 0.1) is 6.92 Å². The summed E-state index contributed by atoms with van der Waals surface area (Å²) in [5.41, 5.74) is 3.02. The minimum Gasteiger partial charge on any atom is -0.295 e. The van der Waals surface area contributed by atoms with E-state index in [1.165, 1.54) is 0 Å². The molecule has 0 saturated heterocycles. The van der Waals surface area contributed by atoms with E-state index >= 15 is 0 Å². The Labute approximate surface area is 94.6 Å². The first kappa shape index (κ1) is 10.6. The van der Waals surface area contributed by atoms with Gasteiger partial charge >= 0.3 is 0 Å². The zero-order chi connectivity index (χ0) is 11.5. The third-order valence-electron chi connectivity index (χ3n) is 2.36.